The molecule has 5 heteroatoms. The standard InChI is InChI=1S/C12H16O5/c13-9-7-17-12(11(15)10(9)14)16-6-8-4-2-1-3-5-8/h1-5,9-15H,6-7H2/t9-,10-,11+,12+/m1/s1. The number of ether oxygens (including phenoxy) is 2. The van der Waals surface area contributed by atoms with Crippen molar-refractivity contribution in [3.63, 3.8) is 0 Å². The Morgan fingerprint density at radius 3 is 2.53 bits per heavy atom. The van der Waals surface area contributed by atoms with Crippen molar-refractivity contribution in [3.8, 4) is 0 Å². The lowest BCUT2D eigenvalue weighted by molar-refractivity contribution is -0.273. The Morgan fingerprint density at radius 1 is 1.12 bits per heavy atom. The molecule has 17 heavy (non-hydrogen) atoms. The van der Waals surface area contributed by atoms with Gasteiger partial charge in [-0.05, 0) is 5.56 Å². The van der Waals surface area contributed by atoms with Gasteiger partial charge in [0.15, 0.2) is 6.29 Å². The molecule has 1 aliphatic heterocycles. The van der Waals surface area contributed by atoms with Gasteiger partial charge < -0.3 is 24.8 Å². The normalized spacial score (nSPS) is 33.6. The molecule has 1 aromatic carbocycles. The van der Waals surface area contributed by atoms with Gasteiger partial charge in [-0.15, -0.1) is 0 Å². The molecule has 0 spiro atoms. The Bertz CT molecular complexity index is 342. The number of aliphatic hydroxyl groups is 3. The average molecular weight is 240 g/mol. The van der Waals surface area contributed by atoms with Gasteiger partial charge in [0, 0.05) is 0 Å². The first-order valence-corrected chi connectivity index (χ1v) is 5.50. The van der Waals surface area contributed by atoms with Crippen LogP contribution in [0.1, 0.15) is 5.56 Å². The van der Waals surface area contributed by atoms with Crippen LogP contribution in [0.25, 0.3) is 0 Å². The third-order valence-corrected chi connectivity index (χ3v) is 2.71. The SMILES string of the molecule is O[C@@H]1[C@@H](OCc2ccccc2)OC[C@@H](O)[C@H]1O. The van der Waals surface area contributed by atoms with Crippen LogP contribution in [0.4, 0.5) is 0 Å². The summed E-state index contributed by atoms with van der Waals surface area (Å²) in [7, 11) is 0. The van der Waals surface area contributed by atoms with E-state index in [1.54, 1.807) is 0 Å². The van der Waals surface area contributed by atoms with E-state index in [-0.39, 0.29) is 13.2 Å². The van der Waals surface area contributed by atoms with Crippen LogP contribution in [0.5, 0.6) is 0 Å². The molecule has 5 nitrogen and oxygen atoms in total. The van der Waals surface area contributed by atoms with E-state index in [9.17, 15) is 15.3 Å². The Morgan fingerprint density at radius 2 is 1.82 bits per heavy atom. The topological polar surface area (TPSA) is 79.2 Å². The molecule has 0 aromatic heterocycles. The van der Waals surface area contributed by atoms with Gasteiger partial charge in [-0.3, -0.25) is 0 Å². The van der Waals surface area contributed by atoms with E-state index in [1.165, 1.54) is 0 Å². The zero-order valence-corrected chi connectivity index (χ0v) is 9.27. The van der Waals surface area contributed by atoms with E-state index in [0.29, 0.717) is 0 Å². The molecule has 1 aliphatic rings. The molecule has 4 atom stereocenters. The number of rotatable bonds is 3. The van der Waals surface area contributed by atoms with Crippen LogP contribution in [0.3, 0.4) is 0 Å². The summed E-state index contributed by atoms with van der Waals surface area (Å²) in [6.07, 6.45) is -4.44. The highest BCUT2D eigenvalue weighted by Crippen LogP contribution is 2.17. The molecular weight excluding hydrogens is 224 g/mol. The van der Waals surface area contributed by atoms with Gasteiger partial charge >= 0.3 is 0 Å². The molecule has 94 valence electrons. The van der Waals surface area contributed by atoms with Gasteiger partial charge in [0.2, 0.25) is 0 Å². The lowest BCUT2D eigenvalue weighted by atomic mass is 10.1. The van der Waals surface area contributed by atoms with Crippen molar-refractivity contribution in [1.29, 1.82) is 0 Å². The first-order chi connectivity index (χ1) is 8.18. The smallest absolute Gasteiger partial charge is 0.186 e. The van der Waals surface area contributed by atoms with Crippen LogP contribution in [-0.4, -0.2) is 46.5 Å². The molecule has 1 saturated heterocycles. The monoisotopic (exact) mass is 240 g/mol. The Labute approximate surface area is 99.2 Å². The average Bonchev–Trinajstić information content (AvgIpc) is 2.36. The van der Waals surface area contributed by atoms with Crippen molar-refractivity contribution >= 4 is 0 Å². The molecule has 3 N–H and O–H groups in total. The zero-order chi connectivity index (χ0) is 12.3. The summed E-state index contributed by atoms with van der Waals surface area (Å²) in [5.41, 5.74) is 0.948. The maximum Gasteiger partial charge on any atom is 0.186 e. The van der Waals surface area contributed by atoms with Crippen molar-refractivity contribution in [2.24, 2.45) is 0 Å². The second kappa shape index (κ2) is 5.57. The summed E-state index contributed by atoms with van der Waals surface area (Å²) in [5, 5.41) is 28.3. The highest BCUT2D eigenvalue weighted by Gasteiger charge is 2.38. The fourth-order valence-corrected chi connectivity index (χ4v) is 1.68. The zero-order valence-electron chi connectivity index (χ0n) is 9.27. The predicted octanol–water partition coefficient (Wildman–Crippen LogP) is -0.358. The molecule has 1 heterocycles. The molecule has 0 bridgehead atoms. The predicted molar refractivity (Wildman–Crippen MR) is 59.0 cm³/mol. The quantitative estimate of drug-likeness (QED) is 0.672. The van der Waals surface area contributed by atoms with Gasteiger partial charge in [-0.1, -0.05) is 30.3 Å². The minimum Gasteiger partial charge on any atom is -0.388 e. The van der Waals surface area contributed by atoms with Gasteiger partial charge in [0.25, 0.3) is 0 Å². The third kappa shape index (κ3) is 3.02. The van der Waals surface area contributed by atoms with Crippen LogP contribution < -0.4 is 0 Å². The molecule has 1 aromatic rings. The molecular formula is C12H16O5. The van der Waals surface area contributed by atoms with Crippen molar-refractivity contribution in [2.45, 2.75) is 31.2 Å². The van der Waals surface area contributed by atoms with Crippen LogP contribution in [-0.2, 0) is 16.1 Å². The number of hydrogen-bond acceptors (Lipinski definition) is 5. The second-order valence-corrected chi connectivity index (χ2v) is 4.05. The number of benzene rings is 1. The number of hydrogen-bond donors (Lipinski definition) is 3. The summed E-state index contributed by atoms with van der Waals surface area (Å²) in [5.74, 6) is 0. The summed E-state index contributed by atoms with van der Waals surface area (Å²) in [6.45, 7) is 0.239. The summed E-state index contributed by atoms with van der Waals surface area (Å²) in [6, 6.07) is 9.45. The fraction of sp³-hybridized carbons (Fsp3) is 0.500. The van der Waals surface area contributed by atoms with E-state index in [4.69, 9.17) is 9.47 Å². The van der Waals surface area contributed by atoms with Gasteiger partial charge in [-0.2, -0.15) is 0 Å². The van der Waals surface area contributed by atoms with E-state index in [1.807, 2.05) is 30.3 Å². The van der Waals surface area contributed by atoms with Gasteiger partial charge in [0.05, 0.1) is 13.2 Å². The minimum absolute atomic E-state index is 0.0440. The molecule has 0 saturated carbocycles. The van der Waals surface area contributed by atoms with Crippen LogP contribution in [0.15, 0.2) is 30.3 Å². The van der Waals surface area contributed by atoms with E-state index in [2.05, 4.69) is 0 Å². The van der Waals surface area contributed by atoms with Crippen LogP contribution >= 0.6 is 0 Å². The van der Waals surface area contributed by atoms with Crippen molar-refractivity contribution < 1.29 is 24.8 Å². The summed E-state index contributed by atoms with van der Waals surface area (Å²) in [4.78, 5) is 0. The molecule has 0 radical (unpaired) electrons. The van der Waals surface area contributed by atoms with Crippen molar-refractivity contribution in [3.05, 3.63) is 35.9 Å². The summed E-state index contributed by atoms with van der Waals surface area (Å²) >= 11 is 0. The second-order valence-electron chi connectivity index (χ2n) is 4.05. The molecule has 0 aliphatic carbocycles. The van der Waals surface area contributed by atoms with Crippen LogP contribution in [0.2, 0.25) is 0 Å². The molecule has 0 unspecified atom stereocenters. The molecule has 1 fully saturated rings. The third-order valence-electron chi connectivity index (χ3n) is 2.71. The summed E-state index contributed by atoms with van der Waals surface area (Å²) < 4.78 is 10.5. The van der Waals surface area contributed by atoms with Crippen LogP contribution in [0, 0.1) is 0 Å². The Hall–Kier alpha value is -0.980. The van der Waals surface area contributed by atoms with E-state index in [0.717, 1.165) is 5.56 Å². The van der Waals surface area contributed by atoms with Gasteiger partial charge in [0.1, 0.15) is 18.3 Å². The Kier molecular flexibility index (Phi) is 4.09. The Balaban J connectivity index is 1.87. The van der Waals surface area contributed by atoms with E-state index >= 15 is 0 Å². The number of aliphatic hydroxyl groups excluding tert-OH is 3. The maximum absolute atomic E-state index is 9.63. The maximum atomic E-state index is 9.63. The van der Waals surface area contributed by atoms with Crippen molar-refractivity contribution in [1.82, 2.24) is 0 Å². The molecule has 0 amide bonds. The lowest BCUT2D eigenvalue weighted by Gasteiger charge is -2.34. The highest BCUT2D eigenvalue weighted by molar-refractivity contribution is 5.13. The van der Waals surface area contributed by atoms with E-state index < -0.39 is 24.6 Å². The highest BCUT2D eigenvalue weighted by atomic mass is 16.7. The first kappa shape index (κ1) is 12.5. The molecule has 2 rings (SSSR count). The largest absolute Gasteiger partial charge is 0.388 e. The fourth-order valence-electron chi connectivity index (χ4n) is 1.68. The van der Waals surface area contributed by atoms with Gasteiger partial charge in [-0.25, -0.2) is 0 Å². The minimum atomic E-state index is -1.23. The van der Waals surface area contributed by atoms with Crippen molar-refractivity contribution in [2.75, 3.05) is 6.61 Å². The lowest BCUT2D eigenvalue weighted by Crippen LogP contribution is -2.53. The first-order valence-electron chi connectivity index (χ1n) is 5.50.